The summed E-state index contributed by atoms with van der Waals surface area (Å²) in [6.07, 6.45) is -10.9. The van der Waals surface area contributed by atoms with Crippen molar-refractivity contribution in [2.45, 2.75) is 44.3 Å². The van der Waals surface area contributed by atoms with E-state index in [4.69, 9.17) is 17.2 Å². The zero-order chi connectivity index (χ0) is 32.5. The fourth-order valence-electron chi connectivity index (χ4n) is 3.78. The van der Waals surface area contributed by atoms with Gasteiger partial charge in [0.1, 0.15) is 6.04 Å². The predicted molar refractivity (Wildman–Crippen MR) is 138 cm³/mol. The van der Waals surface area contributed by atoms with Crippen LogP contribution >= 0.6 is 0 Å². The Morgan fingerprint density at radius 1 is 0.930 bits per heavy atom. The van der Waals surface area contributed by atoms with E-state index in [0.717, 1.165) is 4.90 Å². The summed E-state index contributed by atoms with van der Waals surface area (Å²) in [5.74, 6) is -3.08. The highest BCUT2D eigenvalue weighted by Crippen LogP contribution is 2.37. The number of carbonyl (C=O) groups excluding carboxylic acids is 3. The second-order valence-corrected chi connectivity index (χ2v) is 8.96. The predicted octanol–water partition coefficient (Wildman–Crippen LogP) is 2.26. The fraction of sp³-hybridized carbons (Fsp3) is 0.333. The highest BCUT2D eigenvalue weighted by atomic mass is 19.4. The number of guanidine groups is 1. The van der Waals surface area contributed by atoms with Crippen LogP contribution in [-0.4, -0.2) is 46.3 Å². The van der Waals surface area contributed by atoms with Gasteiger partial charge in [-0.15, -0.1) is 0 Å². The van der Waals surface area contributed by atoms with Crippen molar-refractivity contribution in [2.24, 2.45) is 22.2 Å². The van der Waals surface area contributed by atoms with Crippen LogP contribution in [0.1, 0.15) is 45.5 Å². The molecule has 0 aromatic heterocycles. The van der Waals surface area contributed by atoms with Crippen molar-refractivity contribution in [1.29, 1.82) is 0 Å². The van der Waals surface area contributed by atoms with Crippen LogP contribution in [0.5, 0.6) is 0 Å². The summed E-state index contributed by atoms with van der Waals surface area (Å²) in [6, 6.07) is 3.84. The Kier molecular flexibility index (Phi) is 11.3. The van der Waals surface area contributed by atoms with Crippen LogP contribution in [-0.2, 0) is 30.2 Å². The lowest BCUT2D eigenvalue weighted by atomic mass is 10.0. The number of aliphatic imine (C=N–C) groups is 1. The number of urea groups is 1. The summed E-state index contributed by atoms with van der Waals surface area (Å²) >= 11 is 0. The molecule has 0 spiro atoms. The van der Waals surface area contributed by atoms with Gasteiger partial charge in [0.2, 0.25) is 5.91 Å². The van der Waals surface area contributed by atoms with Crippen LogP contribution in [0, 0.1) is 10.1 Å². The van der Waals surface area contributed by atoms with Gasteiger partial charge in [0, 0.05) is 25.2 Å². The summed E-state index contributed by atoms with van der Waals surface area (Å²) in [4.78, 5) is 51.7. The molecule has 1 atom stereocenters. The van der Waals surface area contributed by atoms with E-state index in [1.165, 1.54) is 24.3 Å². The molecule has 13 nitrogen and oxygen atoms in total. The van der Waals surface area contributed by atoms with E-state index in [0.29, 0.717) is 11.1 Å². The number of hydrazine groups is 1. The molecule has 2 aromatic carbocycles. The molecule has 0 bridgehead atoms. The Labute approximate surface area is 239 Å². The number of primary amides is 2. The lowest BCUT2D eigenvalue weighted by Gasteiger charge is -2.30. The molecule has 0 aliphatic carbocycles. The molecule has 43 heavy (non-hydrogen) atoms. The molecule has 234 valence electrons. The number of hydrogen-bond donors (Lipinski definition) is 5. The molecule has 0 saturated carbocycles. The Morgan fingerprint density at radius 2 is 1.47 bits per heavy atom. The SMILES string of the molecule is NC(=O)NCc1ccc(CN(C(=O)c2cc(C(F)(F)F)cc(C(F)(F)F)c2)[C@H](CCCN=C(N)N[N+](=O)[O-])C(N)=O)cc1. The quantitative estimate of drug-likeness (QED) is 0.0596. The Morgan fingerprint density at radius 3 is 1.93 bits per heavy atom. The highest BCUT2D eigenvalue weighted by Gasteiger charge is 2.39. The van der Waals surface area contributed by atoms with E-state index in [1.54, 1.807) is 5.43 Å². The molecule has 0 unspecified atom stereocenters. The molecule has 19 heteroatoms. The number of carbonyl (C=O) groups is 3. The summed E-state index contributed by atoms with van der Waals surface area (Å²) in [7, 11) is 0. The topological polar surface area (TPSA) is 212 Å². The van der Waals surface area contributed by atoms with Crippen LogP contribution in [0.25, 0.3) is 0 Å². The minimum absolute atomic E-state index is 0.0293. The van der Waals surface area contributed by atoms with E-state index in [-0.39, 0.29) is 44.1 Å². The molecular formula is C24H26F6N8O5. The van der Waals surface area contributed by atoms with Crippen LogP contribution in [0.2, 0.25) is 0 Å². The van der Waals surface area contributed by atoms with Gasteiger partial charge in [0.05, 0.1) is 11.1 Å². The van der Waals surface area contributed by atoms with Crippen molar-refractivity contribution in [3.8, 4) is 0 Å². The number of amides is 4. The van der Waals surface area contributed by atoms with Crippen molar-refractivity contribution in [3.05, 3.63) is 80.4 Å². The Bertz CT molecular complexity index is 1330. The number of halogens is 6. The first kappa shape index (κ1) is 34.1. The number of hydrogen-bond acceptors (Lipinski definition) is 6. The highest BCUT2D eigenvalue weighted by molar-refractivity contribution is 5.97. The van der Waals surface area contributed by atoms with Crippen molar-refractivity contribution in [2.75, 3.05) is 6.54 Å². The second kappa shape index (κ2) is 14.2. The normalized spacial score (nSPS) is 12.7. The van der Waals surface area contributed by atoms with E-state index in [1.807, 2.05) is 0 Å². The van der Waals surface area contributed by atoms with Gasteiger partial charge in [-0.25, -0.2) is 19.9 Å². The lowest BCUT2D eigenvalue weighted by Crippen LogP contribution is -2.47. The Hall–Kier alpha value is -5.10. The average molecular weight is 621 g/mol. The van der Waals surface area contributed by atoms with Crippen LogP contribution in [0.4, 0.5) is 31.1 Å². The minimum atomic E-state index is -5.24. The molecule has 0 aliphatic heterocycles. The molecule has 8 N–H and O–H groups in total. The maximum atomic E-state index is 13.5. The van der Waals surface area contributed by atoms with Gasteiger partial charge < -0.3 is 27.4 Å². The van der Waals surface area contributed by atoms with Gasteiger partial charge in [-0.1, -0.05) is 29.7 Å². The van der Waals surface area contributed by atoms with Gasteiger partial charge >= 0.3 is 18.4 Å². The number of nitro groups is 1. The molecule has 2 rings (SSSR count). The van der Waals surface area contributed by atoms with Gasteiger partial charge in [-0.3, -0.25) is 9.59 Å². The summed E-state index contributed by atoms with van der Waals surface area (Å²) in [5.41, 5.74) is 13.8. The molecule has 0 fully saturated rings. The second-order valence-electron chi connectivity index (χ2n) is 8.96. The number of nitrogens with two attached hydrogens (primary N) is 3. The van der Waals surface area contributed by atoms with Gasteiger partial charge in [-0.2, -0.15) is 26.3 Å². The van der Waals surface area contributed by atoms with E-state index < -0.39 is 70.5 Å². The van der Waals surface area contributed by atoms with Crippen molar-refractivity contribution >= 4 is 23.8 Å². The molecule has 0 aliphatic rings. The molecule has 0 radical (unpaired) electrons. The lowest BCUT2D eigenvalue weighted by molar-refractivity contribution is -0.525. The third kappa shape index (κ3) is 10.7. The third-order valence-corrected chi connectivity index (χ3v) is 5.77. The molecule has 4 amide bonds. The van der Waals surface area contributed by atoms with Crippen LogP contribution < -0.4 is 27.9 Å². The van der Waals surface area contributed by atoms with Gasteiger partial charge in [0.15, 0.2) is 5.03 Å². The number of alkyl halides is 6. The number of benzene rings is 2. The van der Waals surface area contributed by atoms with Crippen molar-refractivity contribution < 1.29 is 45.8 Å². The monoisotopic (exact) mass is 620 g/mol. The van der Waals surface area contributed by atoms with Gasteiger partial charge in [0.25, 0.3) is 11.9 Å². The van der Waals surface area contributed by atoms with E-state index in [2.05, 4.69) is 10.3 Å². The Balaban J connectivity index is 2.51. The van der Waals surface area contributed by atoms with Gasteiger partial charge in [-0.05, 0) is 42.2 Å². The first-order valence-corrected chi connectivity index (χ1v) is 12.1. The van der Waals surface area contributed by atoms with Crippen LogP contribution in [0.3, 0.4) is 0 Å². The van der Waals surface area contributed by atoms with E-state index >= 15 is 0 Å². The standard InChI is InChI=1S/C24H26F6N8O5/c25-23(26,27)16-8-15(9-17(10-16)24(28,29)30)20(40)37(12-14-5-3-13(4-6-14)11-35-22(33)41)18(19(31)39)2-1-7-34-21(32)36-38(42)43/h3-6,8-10,18H,1-2,7,11-12H2,(H2,31,39)(H3,32,34,36)(H3,33,35,41)/t18-/m1/s1. The zero-order valence-electron chi connectivity index (χ0n) is 22.0. The molecule has 0 saturated heterocycles. The van der Waals surface area contributed by atoms with Crippen molar-refractivity contribution in [1.82, 2.24) is 15.6 Å². The zero-order valence-corrected chi connectivity index (χ0v) is 22.0. The summed E-state index contributed by atoms with van der Waals surface area (Å²) in [5, 5.41) is 11.8. The maximum absolute atomic E-state index is 13.5. The molecule has 2 aromatic rings. The average Bonchev–Trinajstić information content (AvgIpc) is 2.89. The van der Waals surface area contributed by atoms with E-state index in [9.17, 15) is 50.8 Å². The molecular weight excluding hydrogens is 594 g/mol. The van der Waals surface area contributed by atoms with Crippen molar-refractivity contribution in [3.63, 3.8) is 0 Å². The maximum Gasteiger partial charge on any atom is 0.416 e. The molecule has 0 heterocycles. The minimum Gasteiger partial charge on any atom is -0.368 e. The number of nitrogens with zero attached hydrogens (tertiary/aromatic N) is 3. The first-order valence-electron chi connectivity index (χ1n) is 12.1. The largest absolute Gasteiger partial charge is 0.416 e. The number of rotatable bonds is 12. The fourth-order valence-corrected chi connectivity index (χ4v) is 3.78. The first-order chi connectivity index (χ1) is 19.9. The smallest absolute Gasteiger partial charge is 0.368 e. The summed E-state index contributed by atoms with van der Waals surface area (Å²) < 4.78 is 80.8. The third-order valence-electron chi connectivity index (χ3n) is 5.77. The summed E-state index contributed by atoms with van der Waals surface area (Å²) in [6.45, 7) is -0.675. The van der Waals surface area contributed by atoms with Crippen LogP contribution in [0.15, 0.2) is 47.5 Å². The number of nitrogens with one attached hydrogen (secondary N) is 2.